The van der Waals surface area contributed by atoms with Crippen molar-refractivity contribution in [3.05, 3.63) is 35.4 Å². The minimum Gasteiger partial charge on any atom is -0.480 e. The van der Waals surface area contributed by atoms with Crippen molar-refractivity contribution in [3.63, 3.8) is 0 Å². The van der Waals surface area contributed by atoms with Crippen LogP contribution in [0.15, 0.2) is 24.3 Å². The Morgan fingerprint density at radius 1 is 1.33 bits per heavy atom. The van der Waals surface area contributed by atoms with Crippen LogP contribution in [0, 0.1) is 5.92 Å². The van der Waals surface area contributed by atoms with E-state index in [9.17, 15) is 14.7 Å². The Balaban J connectivity index is 2.24. The van der Waals surface area contributed by atoms with Gasteiger partial charge in [-0.15, -0.1) is 0 Å². The topological polar surface area (TPSA) is 83.6 Å². The molecular formula is C16H22N2O3. The highest BCUT2D eigenvalue weighted by molar-refractivity contribution is 5.87. The number of hydrogen-bond donors (Lipinski definition) is 2. The van der Waals surface area contributed by atoms with Gasteiger partial charge < -0.3 is 15.7 Å². The number of amides is 1. The molecule has 0 fully saturated rings. The molecule has 114 valence electrons. The standard InChI is InChI=1S/C16H22N2O3/c1-10(2)7-13(17)15(19)18-9-12-6-4-3-5-11(12)8-14(18)16(20)21/h3-6,10,13-14H,7-9,17H2,1-2H3,(H,20,21). The first-order valence-corrected chi connectivity index (χ1v) is 7.25. The molecule has 1 amide bonds. The number of carboxylic acid groups (broad SMARTS) is 1. The third-order valence-electron chi connectivity index (χ3n) is 3.86. The van der Waals surface area contributed by atoms with Crippen LogP contribution >= 0.6 is 0 Å². The summed E-state index contributed by atoms with van der Waals surface area (Å²) in [6.45, 7) is 4.30. The molecule has 2 atom stereocenters. The normalized spacial score (nSPS) is 19.2. The molecule has 3 N–H and O–H groups in total. The van der Waals surface area contributed by atoms with E-state index in [1.165, 1.54) is 4.90 Å². The van der Waals surface area contributed by atoms with Gasteiger partial charge in [-0.25, -0.2) is 4.79 Å². The van der Waals surface area contributed by atoms with Crippen molar-refractivity contribution in [1.29, 1.82) is 0 Å². The lowest BCUT2D eigenvalue weighted by molar-refractivity contribution is -0.152. The smallest absolute Gasteiger partial charge is 0.326 e. The van der Waals surface area contributed by atoms with E-state index in [1.54, 1.807) is 0 Å². The predicted molar refractivity (Wildman–Crippen MR) is 79.6 cm³/mol. The monoisotopic (exact) mass is 290 g/mol. The molecular weight excluding hydrogens is 268 g/mol. The van der Waals surface area contributed by atoms with Gasteiger partial charge in [0.2, 0.25) is 5.91 Å². The first-order chi connectivity index (χ1) is 9.90. The molecule has 0 aromatic heterocycles. The van der Waals surface area contributed by atoms with Gasteiger partial charge in [0, 0.05) is 13.0 Å². The van der Waals surface area contributed by atoms with Crippen LogP contribution in [0.2, 0.25) is 0 Å². The number of carbonyl (C=O) groups is 2. The predicted octanol–water partition coefficient (Wildman–Crippen LogP) is 1.40. The molecule has 1 aliphatic rings. The molecule has 0 saturated carbocycles. The van der Waals surface area contributed by atoms with Crippen molar-refractivity contribution in [2.24, 2.45) is 11.7 Å². The molecule has 2 unspecified atom stereocenters. The SMILES string of the molecule is CC(C)CC(N)C(=O)N1Cc2ccccc2CC1C(=O)O. The summed E-state index contributed by atoms with van der Waals surface area (Å²) < 4.78 is 0. The van der Waals surface area contributed by atoms with Gasteiger partial charge in [-0.05, 0) is 23.5 Å². The zero-order chi connectivity index (χ0) is 15.6. The van der Waals surface area contributed by atoms with Crippen LogP contribution in [-0.2, 0) is 22.6 Å². The fourth-order valence-corrected chi connectivity index (χ4v) is 2.80. The quantitative estimate of drug-likeness (QED) is 0.878. The van der Waals surface area contributed by atoms with Crippen molar-refractivity contribution in [2.45, 2.75) is 45.3 Å². The van der Waals surface area contributed by atoms with Gasteiger partial charge >= 0.3 is 5.97 Å². The Kier molecular flexibility index (Phi) is 4.63. The van der Waals surface area contributed by atoms with Crippen LogP contribution in [0.4, 0.5) is 0 Å². The maximum Gasteiger partial charge on any atom is 0.326 e. The van der Waals surface area contributed by atoms with Gasteiger partial charge in [-0.1, -0.05) is 38.1 Å². The van der Waals surface area contributed by atoms with Crippen LogP contribution in [0.3, 0.4) is 0 Å². The number of fused-ring (bicyclic) bond motifs is 1. The number of nitrogens with two attached hydrogens (primary N) is 1. The Morgan fingerprint density at radius 3 is 2.52 bits per heavy atom. The van der Waals surface area contributed by atoms with Crippen molar-refractivity contribution in [2.75, 3.05) is 0 Å². The Hall–Kier alpha value is -1.88. The van der Waals surface area contributed by atoms with Crippen LogP contribution in [0.25, 0.3) is 0 Å². The van der Waals surface area contributed by atoms with Crippen LogP contribution in [0.5, 0.6) is 0 Å². The molecule has 0 aliphatic carbocycles. The number of carboxylic acids is 1. The molecule has 5 nitrogen and oxygen atoms in total. The van der Waals surface area contributed by atoms with Crippen molar-refractivity contribution in [3.8, 4) is 0 Å². The van der Waals surface area contributed by atoms with Gasteiger partial charge in [0.15, 0.2) is 0 Å². The van der Waals surface area contributed by atoms with Crippen LogP contribution in [0.1, 0.15) is 31.4 Å². The number of carbonyl (C=O) groups excluding carboxylic acids is 1. The summed E-state index contributed by atoms with van der Waals surface area (Å²) in [5, 5.41) is 9.41. The summed E-state index contributed by atoms with van der Waals surface area (Å²) in [5.41, 5.74) is 7.94. The van der Waals surface area contributed by atoms with E-state index in [0.29, 0.717) is 25.3 Å². The zero-order valence-electron chi connectivity index (χ0n) is 12.5. The third kappa shape index (κ3) is 3.42. The third-order valence-corrected chi connectivity index (χ3v) is 3.86. The van der Waals surface area contributed by atoms with Gasteiger partial charge in [-0.3, -0.25) is 4.79 Å². The van der Waals surface area contributed by atoms with E-state index < -0.39 is 18.1 Å². The number of rotatable bonds is 4. The lowest BCUT2D eigenvalue weighted by Crippen LogP contribution is -2.54. The number of benzene rings is 1. The minimum atomic E-state index is -0.977. The van der Waals surface area contributed by atoms with Crippen LogP contribution in [-0.4, -0.2) is 34.0 Å². The van der Waals surface area contributed by atoms with E-state index in [0.717, 1.165) is 11.1 Å². The molecule has 0 saturated heterocycles. The molecule has 2 rings (SSSR count). The fourth-order valence-electron chi connectivity index (χ4n) is 2.80. The summed E-state index contributed by atoms with van der Waals surface area (Å²) in [4.78, 5) is 25.4. The summed E-state index contributed by atoms with van der Waals surface area (Å²) in [7, 11) is 0. The summed E-state index contributed by atoms with van der Waals surface area (Å²) in [6, 6.07) is 6.17. The highest BCUT2D eigenvalue weighted by Gasteiger charge is 2.36. The van der Waals surface area contributed by atoms with Crippen molar-refractivity contribution in [1.82, 2.24) is 4.90 Å². The molecule has 0 radical (unpaired) electrons. The Labute approximate surface area is 124 Å². The maximum atomic E-state index is 12.5. The summed E-state index contributed by atoms with van der Waals surface area (Å²) in [5.74, 6) is -0.954. The number of hydrogen-bond acceptors (Lipinski definition) is 3. The van der Waals surface area contributed by atoms with Crippen LogP contribution < -0.4 is 5.73 Å². The van der Waals surface area contributed by atoms with Crippen molar-refractivity contribution < 1.29 is 14.7 Å². The molecule has 0 spiro atoms. The van der Waals surface area contributed by atoms with E-state index in [2.05, 4.69) is 0 Å². The first kappa shape index (κ1) is 15.5. The Morgan fingerprint density at radius 2 is 1.95 bits per heavy atom. The largest absolute Gasteiger partial charge is 0.480 e. The molecule has 5 heteroatoms. The minimum absolute atomic E-state index is 0.273. The molecule has 1 aromatic carbocycles. The Bertz CT molecular complexity index is 542. The highest BCUT2D eigenvalue weighted by atomic mass is 16.4. The van der Waals surface area contributed by atoms with Gasteiger partial charge in [0.1, 0.15) is 6.04 Å². The molecule has 0 bridgehead atoms. The average molecular weight is 290 g/mol. The maximum absolute atomic E-state index is 12.5. The van der Waals surface area contributed by atoms with Gasteiger partial charge in [0.05, 0.1) is 6.04 Å². The second kappa shape index (κ2) is 6.26. The second-order valence-corrected chi connectivity index (χ2v) is 6.03. The zero-order valence-corrected chi connectivity index (χ0v) is 12.5. The summed E-state index contributed by atoms with van der Waals surface area (Å²) >= 11 is 0. The highest BCUT2D eigenvalue weighted by Crippen LogP contribution is 2.24. The van der Waals surface area contributed by atoms with Gasteiger partial charge in [-0.2, -0.15) is 0 Å². The molecule has 1 heterocycles. The lowest BCUT2D eigenvalue weighted by Gasteiger charge is -2.36. The first-order valence-electron chi connectivity index (χ1n) is 7.25. The van der Waals surface area contributed by atoms with Crippen molar-refractivity contribution >= 4 is 11.9 Å². The molecule has 1 aliphatic heterocycles. The van der Waals surface area contributed by atoms with E-state index in [1.807, 2.05) is 38.1 Å². The van der Waals surface area contributed by atoms with E-state index in [-0.39, 0.29) is 5.91 Å². The molecule has 21 heavy (non-hydrogen) atoms. The van der Waals surface area contributed by atoms with Gasteiger partial charge in [0.25, 0.3) is 0 Å². The molecule has 1 aromatic rings. The summed E-state index contributed by atoms with van der Waals surface area (Å²) in [6.07, 6.45) is 0.898. The van der Waals surface area contributed by atoms with E-state index >= 15 is 0 Å². The number of aliphatic carboxylic acids is 1. The lowest BCUT2D eigenvalue weighted by atomic mass is 9.92. The number of nitrogens with zero attached hydrogens (tertiary/aromatic N) is 1. The average Bonchev–Trinajstić information content (AvgIpc) is 2.44. The second-order valence-electron chi connectivity index (χ2n) is 6.03. The fraction of sp³-hybridized carbons (Fsp3) is 0.500. The van der Waals surface area contributed by atoms with E-state index in [4.69, 9.17) is 5.73 Å².